The molecule has 0 bridgehead atoms. The molecule has 184 valence electrons. The molecule has 1 aromatic heterocycles. The molecule has 0 N–H and O–H groups in total. The summed E-state index contributed by atoms with van der Waals surface area (Å²) in [5.41, 5.74) is 4.98. The lowest BCUT2D eigenvalue weighted by atomic mass is 9.78. The summed E-state index contributed by atoms with van der Waals surface area (Å²) in [6.07, 6.45) is 11.7. The van der Waals surface area contributed by atoms with Gasteiger partial charge in [-0.15, -0.1) is 11.3 Å². The van der Waals surface area contributed by atoms with Gasteiger partial charge in [0.15, 0.2) is 0 Å². The number of nitro benzene ring substituents is 1. The zero-order valence-electron chi connectivity index (χ0n) is 20.2. The van der Waals surface area contributed by atoms with Crippen LogP contribution in [0.3, 0.4) is 0 Å². The minimum atomic E-state index is -0.372. The Hall–Kier alpha value is -3.78. The number of methoxy groups -OCH3 is 1. The smallest absolute Gasteiger partial charge is 0.308 e. The summed E-state index contributed by atoms with van der Waals surface area (Å²) < 4.78 is 6.12. The number of hydrogen-bond donors (Lipinski definition) is 0. The SMILES string of the molecule is COC(=O)C1CCC(C(=C\c2nc3ccccc3s2)/C=C2\C=Cc3cc([N+](=O)[O-])ccc3N2C)CC1. The molecule has 1 aliphatic carbocycles. The van der Waals surface area contributed by atoms with E-state index >= 15 is 0 Å². The van der Waals surface area contributed by atoms with Crippen molar-refractivity contribution in [2.45, 2.75) is 25.7 Å². The minimum absolute atomic E-state index is 0.0393. The van der Waals surface area contributed by atoms with Crippen molar-refractivity contribution in [1.82, 2.24) is 4.98 Å². The largest absolute Gasteiger partial charge is 0.469 e. The number of allylic oxidation sites excluding steroid dienone is 3. The van der Waals surface area contributed by atoms with Gasteiger partial charge in [-0.05, 0) is 73.6 Å². The summed E-state index contributed by atoms with van der Waals surface area (Å²) in [7, 11) is 3.43. The van der Waals surface area contributed by atoms with Gasteiger partial charge in [0.25, 0.3) is 5.69 Å². The van der Waals surface area contributed by atoms with Gasteiger partial charge in [-0.3, -0.25) is 14.9 Å². The number of aromatic nitrogens is 1. The van der Waals surface area contributed by atoms with Crippen LogP contribution in [0, 0.1) is 22.0 Å². The highest BCUT2D eigenvalue weighted by atomic mass is 32.1. The van der Waals surface area contributed by atoms with E-state index in [1.807, 2.05) is 37.4 Å². The topological polar surface area (TPSA) is 85.6 Å². The lowest BCUT2D eigenvalue weighted by Gasteiger charge is -2.30. The molecule has 0 saturated heterocycles. The van der Waals surface area contributed by atoms with Crippen molar-refractivity contribution in [2.24, 2.45) is 11.8 Å². The van der Waals surface area contributed by atoms with Gasteiger partial charge >= 0.3 is 5.97 Å². The van der Waals surface area contributed by atoms with Crippen molar-refractivity contribution in [2.75, 3.05) is 19.1 Å². The second-order valence-electron chi connectivity index (χ2n) is 9.20. The van der Waals surface area contributed by atoms with Crippen LogP contribution in [0.4, 0.5) is 11.4 Å². The molecular formula is C28H27N3O4S. The first-order valence-electron chi connectivity index (χ1n) is 12.0. The Bertz CT molecular complexity index is 1380. The number of para-hydroxylation sites is 1. The van der Waals surface area contributed by atoms with Crippen molar-refractivity contribution < 1.29 is 14.5 Å². The molecule has 5 rings (SSSR count). The van der Waals surface area contributed by atoms with Gasteiger partial charge in [0.2, 0.25) is 0 Å². The standard InChI is InChI=1S/C28H27N3O4S/c1-30-22(12-11-20-15-23(31(33)34)13-14-25(20)30)16-21(18-7-9-19(10-8-18)28(32)35-2)17-27-29-24-5-3-4-6-26(24)36-27/h3-6,11-19H,7-10H2,1-2H3/b21-17-,22-16+. The number of thiazole rings is 1. The maximum Gasteiger partial charge on any atom is 0.308 e. The average Bonchev–Trinajstić information content (AvgIpc) is 3.31. The Kier molecular flexibility index (Phi) is 6.69. The number of carbonyl (C=O) groups excluding carboxylic acids is 1. The lowest BCUT2D eigenvalue weighted by Crippen LogP contribution is -2.24. The number of fused-ring (bicyclic) bond motifs is 2. The van der Waals surface area contributed by atoms with Crippen molar-refractivity contribution >= 4 is 51.0 Å². The van der Waals surface area contributed by atoms with E-state index in [0.717, 1.165) is 57.9 Å². The highest BCUT2D eigenvalue weighted by Gasteiger charge is 2.29. The van der Waals surface area contributed by atoms with E-state index in [4.69, 9.17) is 9.72 Å². The Labute approximate surface area is 213 Å². The number of rotatable bonds is 5. The summed E-state index contributed by atoms with van der Waals surface area (Å²) in [5, 5.41) is 12.1. The van der Waals surface area contributed by atoms with Crippen LogP contribution < -0.4 is 4.90 Å². The van der Waals surface area contributed by atoms with Gasteiger partial charge in [0, 0.05) is 36.1 Å². The van der Waals surface area contributed by atoms with Crippen LogP contribution in [0.2, 0.25) is 0 Å². The van der Waals surface area contributed by atoms with E-state index in [1.54, 1.807) is 23.5 Å². The van der Waals surface area contributed by atoms with Crippen LogP contribution in [-0.4, -0.2) is 30.0 Å². The minimum Gasteiger partial charge on any atom is -0.469 e. The number of likely N-dealkylation sites (N-methyl/N-ethyl adjacent to an activating group) is 1. The monoisotopic (exact) mass is 501 g/mol. The molecule has 1 saturated carbocycles. The predicted molar refractivity (Wildman–Crippen MR) is 144 cm³/mol. The van der Waals surface area contributed by atoms with E-state index < -0.39 is 0 Å². The number of nitrogens with zero attached hydrogens (tertiary/aromatic N) is 3. The highest BCUT2D eigenvalue weighted by molar-refractivity contribution is 7.19. The van der Waals surface area contributed by atoms with Crippen LogP contribution in [0.25, 0.3) is 22.4 Å². The van der Waals surface area contributed by atoms with Crippen LogP contribution in [-0.2, 0) is 9.53 Å². The zero-order chi connectivity index (χ0) is 25.2. The number of anilines is 1. The molecule has 36 heavy (non-hydrogen) atoms. The van der Waals surface area contributed by atoms with E-state index in [1.165, 1.54) is 18.7 Å². The molecule has 0 radical (unpaired) electrons. The number of non-ortho nitro benzene ring substituents is 1. The molecule has 0 amide bonds. The normalized spacial score (nSPS) is 21.0. The van der Waals surface area contributed by atoms with Crippen molar-refractivity contribution in [3.63, 3.8) is 0 Å². The van der Waals surface area contributed by atoms with Crippen molar-refractivity contribution in [1.29, 1.82) is 0 Å². The first kappa shape index (κ1) is 23.9. The second-order valence-corrected chi connectivity index (χ2v) is 10.3. The third-order valence-electron chi connectivity index (χ3n) is 7.05. The fraction of sp³-hybridized carbons (Fsp3) is 0.286. The van der Waals surface area contributed by atoms with Gasteiger partial charge in [0.05, 0.1) is 28.2 Å². The first-order chi connectivity index (χ1) is 17.4. The van der Waals surface area contributed by atoms with Gasteiger partial charge in [-0.25, -0.2) is 4.98 Å². The molecule has 2 aliphatic rings. The fourth-order valence-electron chi connectivity index (χ4n) is 5.04. The number of hydrogen-bond acceptors (Lipinski definition) is 7. The lowest BCUT2D eigenvalue weighted by molar-refractivity contribution is -0.384. The number of nitro groups is 1. The molecule has 1 aliphatic heterocycles. The van der Waals surface area contributed by atoms with Crippen molar-refractivity contribution in [3.05, 3.63) is 86.6 Å². The molecule has 1 fully saturated rings. The van der Waals surface area contributed by atoms with Crippen LogP contribution in [0.15, 0.2) is 65.9 Å². The van der Waals surface area contributed by atoms with E-state index in [9.17, 15) is 14.9 Å². The molecule has 2 heterocycles. The maximum atomic E-state index is 12.1. The van der Waals surface area contributed by atoms with E-state index in [2.05, 4.69) is 23.1 Å². The number of esters is 1. The van der Waals surface area contributed by atoms with Crippen LogP contribution in [0.5, 0.6) is 0 Å². The van der Waals surface area contributed by atoms with E-state index in [0.29, 0.717) is 5.92 Å². The number of benzene rings is 2. The first-order valence-corrected chi connectivity index (χ1v) is 12.8. The zero-order valence-corrected chi connectivity index (χ0v) is 21.0. The van der Waals surface area contributed by atoms with Gasteiger partial charge in [-0.1, -0.05) is 18.2 Å². The Morgan fingerprint density at radius 1 is 1.14 bits per heavy atom. The predicted octanol–water partition coefficient (Wildman–Crippen LogP) is 6.61. The molecule has 0 unspecified atom stereocenters. The second kappa shape index (κ2) is 10.1. The number of carbonyl (C=O) groups is 1. The molecule has 8 heteroatoms. The Balaban J connectivity index is 1.49. The third-order valence-corrected chi connectivity index (χ3v) is 8.04. The summed E-state index contributed by atoms with van der Waals surface area (Å²) >= 11 is 1.67. The average molecular weight is 502 g/mol. The van der Waals surface area contributed by atoms with Gasteiger partial charge < -0.3 is 9.64 Å². The molecule has 0 atom stereocenters. The van der Waals surface area contributed by atoms with Crippen molar-refractivity contribution in [3.8, 4) is 0 Å². The summed E-state index contributed by atoms with van der Waals surface area (Å²) in [6, 6.07) is 13.1. The third kappa shape index (κ3) is 4.81. The fourth-order valence-corrected chi connectivity index (χ4v) is 5.97. The Morgan fingerprint density at radius 3 is 2.61 bits per heavy atom. The maximum absolute atomic E-state index is 12.1. The quantitative estimate of drug-likeness (QED) is 0.222. The van der Waals surface area contributed by atoms with E-state index in [-0.39, 0.29) is 22.5 Å². The Morgan fingerprint density at radius 2 is 1.89 bits per heavy atom. The van der Waals surface area contributed by atoms with Crippen LogP contribution >= 0.6 is 11.3 Å². The molecule has 3 aromatic rings. The van der Waals surface area contributed by atoms with Gasteiger partial charge in [0.1, 0.15) is 5.01 Å². The molecular weight excluding hydrogens is 474 g/mol. The van der Waals surface area contributed by atoms with Gasteiger partial charge in [-0.2, -0.15) is 0 Å². The molecule has 2 aromatic carbocycles. The highest BCUT2D eigenvalue weighted by Crippen LogP contribution is 2.38. The summed E-state index contributed by atoms with van der Waals surface area (Å²) in [5.74, 6) is 0.136. The summed E-state index contributed by atoms with van der Waals surface area (Å²) in [4.78, 5) is 29.8. The number of ether oxygens (including phenoxy) is 1. The summed E-state index contributed by atoms with van der Waals surface area (Å²) in [6.45, 7) is 0. The molecule has 7 nitrogen and oxygen atoms in total. The van der Waals surface area contributed by atoms with Crippen LogP contribution in [0.1, 0.15) is 36.3 Å². The molecule has 0 spiro atoms.